The number of carbonyl (C=O) groups excluding carboxylic acids is 2. The van der Waals surface area contributed by atoms with Crippen LogP contribution in [0.2, 0.25) is 0 Å². The van der Waals surface area contributed by atoms with Crippen molar-refractivity contribution in [1.82, 2.24) is 9.80 Å². The molecule has 0 aromatic rings. The van der Waals surface area contributed by atoms with Gasteiger partial charge in [0.1, 0.15) is 0 Å². The zero-order valence-corrected chi connectivity index (χ0v) is 15.4. The van der Waals surface area contributed by atoms with Crippen molar-refractivity contribution in [2.45, 2.75) is 51.4 Å². The lowest BCUT2D eigenvalue weighted by Gasteiger charge is -2.35. The number of rotatable bonds is 4. The van der Waals surface area contributed by atoms with Crippen molar-refractivity contribution in [3.8, 4) is 0 Å². The molecule has 0 radical (unpaired) electrons. The summed E-state index contributed by atoms with van der Waals surface area (Å²) in [5.41, 5.74) is 5.82. The van der Waals surface area contributed by atoms with Crippen molar-refractivity contribution >= 4 is 24.2 Å². The average Bonchev–Trinajstić information content (AvgIpc) is 3.26. The van der Waals surface area contributed by atoms with E-state index < -0.39 is 0 Å². The van der Waals surface area contributed by atoms with E-state index in [1.54, 1.807) is 0 Å². The van der Waals surface area contributed by atoms with Crippen LogP contribution in [0.3, 0.4) is 0 Å². The molecule has 2 heterocycles. The number of hydrogen-bond acceptors (Lipinski definition) is 3. The van der Waals surface area contributed by atoms with E-state index in [1.165, 1.54) is 0 Å². The Kier molecular flexibility index (Phi) is 7.35. The summed E-state index contributed by atoms with van der Waals surface area (Å²) in [6.45, 7) is 4.17. The highest BCUT2D eigenvalue weighted by molar-refractivity contribution is 5.85. The number of hydrogen-bond donors (Lipinski definition) is 1. The fourth-order valence-corrected chi connectivity index (χ4v) is 4.58. The number of nitrogens with zero attached hydrogens (tertiary/aromatic N) is 2. The van der Waals surface area contributed by atoms with Crippen LogP contribution in [0.1, 0.15) is 51.4 Å². The van der Waals surface area contributed by atoms with Crippen LogP contribution in [0.25, 0.3) is 0 Å². The number of halogens is 1. The Morgan fingerprint density at radius 2 is 1.54 bits per heavy atom. The lowest BCUT2D eigenvalue weighted by atomic mass is 9.90. The van der Waals surface area contributed by atoms with Gasteiger partial charge in [-0.3, -0.25) is 9.59 Å². The summed E-state index contributed by atoms with van der Waals surface area (Å²) < 4.78 is 0. The van der Waals surface area contributed by atoms with Crippen LogP contribution >= 0.6 is 12.4 Å². The predicted octanol–water partition coefficient (Wildman–Crippen LogP) is 2.03. The molecular formula is C18H32ClN3O2. The number of likely N-dealkylation sites (tertiary alicyclic amines) is 2. The third-order valence-electron chi connectivity index (χ3n) is 6.13. The quantitative estimate of drug-likeness (QED) is 0.837. The smallest absolute Gasteiger partial charge is 0.226 e. The first kappa shape index (κ1) is 19.5. The topological polar surface area (TPSA) is 66.6 Å². The van der Waals surface area contributed by atoms with Gasteiger partial charge < -0.3 is 15.5 Å². The van der Waals surface area contributed by atoms with Crippen LogP contribution < -0.4 is 5.73 Å². The minimum absolute atomic E-state index is 0. The highest BCUT2D eigenvalue weighted by Crippen LogP contribution is 2.33. The second kappa shape index (κ2) is 9.04. The fourth-order valence-electron chi connectivity index (χ4n) is 4.58. The molecule has 2 saturated heterocycles. The highest BCUT2D eigenvalue weighted by atomic mass is 35.5. The molecule has 2 N–H and O–H groups in total. The zero-order chi connectivity index (χ0) is 16.2. The normalized spacial score (nSPS) is 28.0. The molecule has 0 bridgehead atoms. The predicted molar refractivity (Wildman–Crippen MR) is 96.9 cm³/mol. The molecule has 2 amide bonds. The van der Waals surface area contributed by atoms with Crippen LogP contribution in [0.4, 0.5) is 0 Å². The summed E-state index contributed by atoms with van der Waals surface area (Å²) in [4.78, 5) is 29.0. The lowest BCUT2D eigenvalue weighted by molar-refractivity contribution is -0.138. The largest absolute Gasteiger partial charge is 0.343 e. The highest BCUT2D eigenvalue weighted by Gasteiger charge is 2.36. The molecular weight excluding hydrogens is 326 g/mol. The van der Waals surface area contributed by atoms with Gasteiger partial charge in [0.25, 0.3) is 0 Å². The van der Waals surface area contributed by atoms with Crippen molar-refractivity contribution in [1.29, 1.82) is 0 Å². The summed E-state index contributed by atoms with van der Waals surface area (Å²) in [7, 11) is 0. The van der Waals surface area contributed by atoms with Gasteiger partial charge in [-0.1, -0.05) is 6.42 Å². The molecule has 5 nitrogen and oxygen atoms in total. The molecule has 24 heavy (non-hydrogen) atoms. The fraction of sp³-hybridized carbons (Fsp3) is 0.889. The summed E-state index contributed by atoms with van der Waals surface area (Å²) in [6, 6.07) is 0. The molecule has 2 atom stereocenters. The van der Waals surface area contributed by atoms with Crippen molar-refractivity contribution in [3.63, 3.8) is 0 Å². The summed E-state index contributed by atoms with van der Waals surface area (Å²) in [5.74, 6) is 1.65. The molecule has 3 fully saturated rings. The summed E-state index contributed by atoms with van der Waals surface area (Å²) >= 11 is 0. The maximum atomic E-state index is 12.7. The second-order valence-electron chi connectivity index (χ2n) is 7.59. The van der Waals surface area contributed by atoms with E-state index >= 15 is 0 Å². The van der Waals surface area contributed by atoms with Gasteiger partial charge in [-0.25, -0.2) is 0 Å². The van der Waals surface area contributed by atoms with E-state index in [0.29, 0.717) is 36.6 Å². The van der Waals surface area contributed by atoms with Gasteiger partial charge in [-0.2, -0.15) is 0 Å². The molecule has 6 heteroatoms. The van der Waals surface area contributed by atoms with Crippen molar-refractivity contribution in [2.75, 3.05) is 32.7 Å². The summed E-state index contributed by atoms with van der Waals surface area (Å²) in [5, 5.41) is 0. The maximum Gasteiger partial charge on any atom is 0.226 e. The Hall–Kier alpha value is -0.810. The number of nitrogens with two attached hydrogens (primary N) is 1. The third kappa shape index (κ3) is 4.42. The third-order valence-corrected chi connectivity index (χ3v) is 6.13. The van der Waals surface area contributed by atoms with Gasteiger partial charge in [0.05, 0.1) is 0 Å². The maximum absolute atomic E-state index is 12.7. The summed E-state index contributed by atoms with van der Waals surface area (Å²) in [6.07, 6.45) is 8.19. The Balaban J connectivity index is 0.00000208. The van der Waals surface area contributed by atoms with Gasteiger partial charge >= 0.3 is 0 Å². The first-order valence-corrected chi connectivity index (χ1v) is 9.45. The van der Waals surface area contributed by atoms with Gasteiger partial charge in [0.15, 0.2) is 0 Å². The monoisotopic (exact) mass is 357 g/mol. The van der Waals surface area contributed by atoms with Crippen LogP contribution in [0.5, 0.6) is 0 Å². The minimum Gasteiger partial charge on any atom is -0.343 e. The molecule has 138 valence electrons. The molecule has 0 aromatic carbocycles. The van der Waals surface area contributed by atoms with Crippen molar-refractivity contribution in [3.05, 3.63) is 0 Å². The van der Waals surface area contributed by atoms with E-state index in [9.17, 15) is 9.59 Å². The van der Waals surface area contributed by atoms with E-state index in [-0.39, 0.29) is 18.3 Å². The van der Waals surface area contributed by atoms with E-state index in [2.05, 4.69) is 0 Å². The van der Waals surface area contributed by atoms with Gasteiger partial charge in [0.2, 0.25) is 11.8 Å². The molecule has 0 unspecified atom stereocenters. The molecule has 0 aromatic heterocycles. The Morgan fingerprint density at radius 1 is 0.875 bits per heavy atom. The van der Waals surface area contributed by atoms with E-state index in [4.69, 9.17) is 5.73 Å². The lowest BCUT2D eigenvalue weighted by Crippen LogP contribution is -2.44. The SMILES string of the molecule is Cl.NC[C@H]1CCC[C@H]1C(=O)N1CCC(CC(=O)N2CCCC2)CC1. The first-order valence-electron chi connectivity index (χ1n) is 9.45. The average molecular weight is 358 g/mol. The van der Waals surface area contributed by atoms with Gasteiger partial charge in [0, 0.05) is 38.5 Å². The minimum atomic E-state index is 0. The molecule has 1 aliphatic carbocycles. The standard InChI is InChI=1S/C18H31N3O2.ClH/c19-13-15-4-3-5-16(15)18(23)21-10-6-14(7-11-21)12-17(22)20-8-1-2-9-20;/h14-16H,1-13,19H2;1H/t15-,16-;/m1./s1. The number of carbonyl (C=O) groups is 2. The first-order chi connectivity index (χ1) is 11.2. The van der Waals surface area contributed by atoms with Crippen LogP contribution in [0, 0.1) is 17.8 Å². The molecule has 2 aliphatic heterocycles. The van der Waals surface area contributed by atoms with Gasteiger partial charge in [-0.05, 0) is 56.9 Å². The van der Waals surface area contributed by atoms with Crippen molar-refractivity contribution < 1.29 is 9.59 Å². The molecule has 1 saturated carbocycles. The second-order valence-corrected chi connectivity index (χ2v) is 7.59. The van der Waals surface area contributed by atoms with E-state index in [0.717, 1.165) is 71.1 Å². The number of amides is 2. The van der Waals surface area contributed by atoms with E-state index in [1.807, 2.05) is 9.80 Å². The zero-order valence-electron chi connectivity index (χ0n) is 14.6. The molecule has 3 aliphatic rings. The van der Waals surface area contributed by atoms with Gasteiger partial charge in [-0.15, -0.1) is 12.4 Å². The van der Waals surface area contributed by atoms with Crippen molar-refractivity contribution in [2.24, 2.45) is 23.5 Å². The van der Waals surface area contributed by atoms with Crippen LogP contribution in [0.15, 0.2) is 0 Å². The number of piperidine rings is 1. The molecule has 0 spiro atoms. The Labute approximate surface area is 151 Å². The van der Waals surface area contributed by atoms with Crippen LogP contribution in [-0.2, 0) is 9.59 Å². The Morgan fingerprint density at radius 3 is 2.17 bits per heavy atom. The van der Waals surface area contributed by atoms with Crippen LogP contribution in [-0.4, -0.2) is 54.3 Å². The molecule has 3 rings (SSSR count). The Bertz CT molecular complexity index is 432.